The third-order valence-electron chi connectivity index (χ3n) is 16.0. The van der Waals surface area contributed by atoms with Crippen LogP contribution in [0.3, 0.4) is 0 Å². The van der Waals surface area contributed by atoms with Crippen molar-refractivity contribution in [2.75, 3.05) is 49.5 Å². The van der Waals surface area contributed by atoms with Crippen molar-refractivity contribution in [2.24, 2.45) is 5.41 Å². The molecule has 5 heterocycles. The summed E-state index contributed by atoms with van der Waals surface area (Å²) in [7, 11) is -4.76. The van der Waals surface area contributed by atoms with Crippen LogP contribution >= 0.6 is 0 Å². The monoisotopic (exact) mass is 964 g/mol. The maximum atomic E-state index is 16.4. The zero-order valence-electron chi connectivity index (χ0n) is 39.4. The lowest BCUT2D eigenvalue weighted by atomic mass is 9.59. The molecule has 69 heavy (non-hydrogen) atoms. The highest BCUT2D eigenvalue weighted by atomic mass is 32.2. The molecule has 1 spiro atoms. The zero-order chi connectivity index (χ0) is 48.1. The summed E-state index contributed by atoms with van der Waals surface area (Å²) < 4.78 is 68.3. The van der Waals surface area contributed by atoms with Gasteiger partial charge < -0.3 is 24.8 Å². The van der Waals surface area contributed by atoms with Crippen LogP contribution in [-0.4, -0.2) is 96.0 Å². The van der Waals surface area contributed by atoms with E-state index in [1.54, 1.807) is 18.3 Å². The minimum atomic E-state index is -4.76. The van der Waals surface area contributed by atoms with Crippen molar-refractivity contribution in [2.45, 2.75) is 126 Å². The topological polar surface area (TPSA) is 166 Å². The molecule has 3 saturated heterocycles. The third-order valence-corrected chi connectivity index (χ3v) is 17.3. The van der Waals surface area contributed by atoms with E-state index in [0.717, 1.165) is 75.1 Å². The summed E-state index contributed by atoms with van der Waals surface area (Å²) in [4.78, 5) is 39.4. The lowest BCUT2D eigenvalue weighted by molar-refractivity contribution is -0.384. The summed E-state index contributed by atoms with van der Waals surface area (Å²) in [5.41, 5.74) is 1.23. The van der Waals surface area contributed by atoms with Gasteiger partial charge in [0, 0.05) is 74.6 Å². The minimum absolute atomic E-state index is 0.0499. The Balaban J connectivity index is 0.837. The van der Waals surface area contributed by atoms with Gasteiger partial charge in [-0.25, -0.2) is 26.9 Å². The molecule has 2 aromatic heterocycles. The summed E-state index contributed by atoms with van der Waals surface area (Å²) in [6.07, 6.45) is 14.6. The number of H-pyrrole nitrogens is 1. The van der Waals surface area contributed by atoms with Crippen LogP contribution in [0.25, 0.3) is 11.0 Å². The number of alkyl halides is 1. The van der Waals surface area contributed by atoms with Crippen LogP contribution in [-0.2, 0) is 10.0 Å². The number of nitrogens with one attached hydrogen (secondary N) is 3. The number of aromatic amines is 1. The van der Waals surface area contributed by atoms with Crippen LogP contribution in [0.1, 0.15) is 124 Å². The van der Waals surface area contributed by atoms with Gasteiger partial charge in [0.15, 0.2) is 0 Å². The fraction of sp³-hybridized carbons (Fsp3) is 0.500. The van der Waals surface area contributed by atoms with Crippen molar-refractivity contribution >= 4 is 44.0 Å². The van der Waals surface area contributed by atoms with E-state index in [1.807, 2.05) is 9.62 Å². The molecule has 2 saturated carbocycles. The van der Waals surface area contributed by atoms with Gasteiger partial charge in [0.1, 0.15) is 34.3 Å². The van der Waals surface area contributed by atoms with Crippen molar-refractivity contribution in [3.8, 4) is 11.5 Å². The van der Waals surface area contributed by atoms with Crippen molar-refractivity contribution < 1.29 is 31.7 Å². The number of anilines is 2. The average molecular weight is 965 g/mol. The number of pyridine rings is 1. The normalized spacial score (nSPS) is 21.2. The van der Waals surface area contributed by atoms with Gasteiger partial charge in [0.25, 0.3) is 21.6 Å². The van der Waals surface area contributed by atoms with Gasteiger partial charge in [-0.1, -0.05) is 51.0 Å². The first-order valence-corrected chi connectivity index (χ1v) is 26.2. The molecule has 5 fully saturated rings. The zero-order valence-corrected chi connectivity index (χ0v) is 40.2. The maximum Gasteiger partial charge on any atom is 0.293 e. The van der Waals surface area contributed by atoms with Gasteiger partial charge in [-0.3, -0.25) is 19.8 Å². The molecule has 1 atom stereocenters. The number of hydrogen-bond donors (Lipinski definition) is 3. The number of piperidine rings is 2. The summed E-state index contributed by atoms with van der Waals surface area (Å²) in [5, 5.41) is 15.9. The summed E-state index contributed by atoms with van der Waals surface area (Å²) in [6.45, 7) is 7.83. The maximum absolute atomic E-state index is 16.4. The number of amides is 1. The fourth-order valence-corrected chi connectivity index (χ4v) is 13.0. The van der Waals surface area contributed by atoms with Gasteiger partial charge >= 0.3 is 0 Å². The molecule has 2 aliphatic carbocycles. The first-order chi connectivity index (χ1) is 33.2. The Morgan fingerprint density at radius 1 is 0.942 bits per heavy atom. The number of benzene rings is 3. The number of nitro benzene ring substituents is 1. The highest BCUT2D eigenvalue weighted by Crippen LogP contribution is 2.54. The lowest BCUT2D eigenvalue weighted by Gasteiger charge is -2.56. The number of carbonyl (C=O) groups excluding carboxylic acids is 1. The number of carbonyl (C=O) groups is 1. The number of fused-ring (bicyclic) bond motifs is 1. The Kier molecular flexibility index (Phi) is 12.9. The standard InChI is InChI=1S/C52H62F2N8O6S/c1-34(2)40-10-5-6-11-41(40)45-12-7-21-61(45)37-30-51(31-37)16-22-60(23-17-51)46-29-48(68-38-26-35-15-20-55-49(35)56-32-38)42(28-43(46)53)50(63)58-69(66,67)39-13-14-44(47(27-39)62(64)65)57-33-52(54)18-24-59(25-19-52)36-8-3-4-9-36/h5-6,10-11,13-15,20,26-29,32,34,36-37,45,57H,3-4,7-9,12,16-19,21-25,30-31,33H2,1-2H3,(H,55,56)(H,58,63)/t45-/m0/s1. The first-order valence-electron chi connectivity index (χ1n) is 24.7. The van der Waals surface area contributed by atoms with Crippen LogP contribution in [0, 0.1) is 21.3 Å². The van der Waals surface area contributed by atoms with E-state index in [1.165, 1.54) is 48.7 Å². The Labute approximate surface area is 402 Å². The van der Waals surface area contributed by atoms with Crippen molar-refractivity contribution in [3.63, 3.8) is 0 Å². The SMILES string of the molecule is CC(C)c1ccccc1[C@@H]1CCCN1C1CC2(CCN(c3cc(Oc4cnc5[nH]ccc5c4)c(C(=O)NS(=O)(=O)c4ccc(NCC5(F)CCN(C6CCCC6)CC5)c([N+](=O)[O-])c4)cc3F)CC2)C1. The molecule has 14 nitrogen and oxygen atoms in total. The van der Waals surface area contributed by atoms with E-state index in [2.05, 4.69) is 63.2 Å². The highest BCUT2D eigenvalue weighted by Gasteiger charge is 2.50. The molecule has 5 aromatic rings. The van der Waals surface area contributed by atoms with E-state index in [9.17, 15) is 23.3 Å². The molecule has 3 aliphatic heterocycles. The Morgan fingerprint density at radius 3 is 2.43 bits per heavy atom. The summed E-state index contributed by atoms with van der Waals surface area (Å²) in [5.74, 6) is -1.33. The molecule has 366 valence electrons. The number of rotatable bonds is 14. The Bertz CT molecular complexity index is 2830. The van der Waals surface area contributed by atoms with Crippen LogP contribution in [0.15, 0.2) is 84.0 Å². The number of halogens is 2. The largest absolute Gasteiger partial charge is 0.455 e. The number of sulfonamides is 1. The Hall–Kier alpha value is -5.65. The van der Waals surface area contributed by atoms with Crippen LogP contribution in [0.5, 0.6) is 11.5 Å². The lowest BCUT2D eigenvalue weighted by Crippen LogP contribution is -2.55. The van der Waals surface area contributed by atoms with E-state index in [0.29, 0.717) is 55.9 Å². The molecule has 3 N–H and O–H groups in total. The van der Waals surface area contributed by atoms with Crippen LogP contribution in [0.2, 0.25) is 0 Å². The van der Waals surface area contributed by atoms with E-state index in [4.69, 9.17) is 4.74 Å². The van der Waals surface area contributed by atoms with Gasteiger partial charge in [0.05, 0.1) is 27.3 Å². The van der Waals surface area contributed by atoms with Crippen molar-refractivity contribution in [3.05, 3.63) is 112 Å². The number of aromatic nitrogens is 2. The number of hydrogen-bond acceptors (Lipinski definition) is 11. The van der Waals surface area contributed by atoms with Gasteiger partial charge in [0.2, 0.25) is 0 Å². The molecule has 1 amide bonds. The third kappa shape index (κ3) is 9.66. The molecule has 5 aliphatic rings. The van der Waals surface area contributed by atoms with E-state index in [-0.39, 0.29) is 47.7 Å². The predicted molar refractivity (Wildman–Crippen MR) is 262 cm³/mol. The van der Waals surface area contributed by atoms with E-state index >= 15 is 8.78 Å². The fourth-order valence-electron chi connectivity index (χ4n) is 12.1. The molecule has 10 rings (SSSR count). The summed E-state index contributed by atoms with van der Waals surface area (Å²) in [6, 6.07) is 19.3. The van der Waals surface area contributed by atoms with Crippen molar-refractivity contribution in [1.29, 1.82) is 0 Å². The second-order valence-electron chi connectivity index (χ2n) is 20.6. The number of nitrogens with zero attached hydrogens (tertiary/aromatic N) is 5. The molecular formula is C52H62F2N8O6S. The van der Waals surface area contributed by atoms with Gasteiger partial charge in [-0.15, -0.1) is 0 Å². The van der Waals surface area contributed by atoms with E-state index < -0.39 is 48.5 Å². The second-order valence-corrected chi connectivity index (χ2v) is 22.2. The van der Waals surface area contributed by atoms with Gasteiger partial charge in [-0.2, -0.15) is 0 Å². The highest BCUT2D eigenvalue weighted by molar-refractivity contribution is 7.90. The number of ether oxygens (including phenoxy) is 1. The molecule has 17 heteroatoms. The molecule has 0 radical (unpaired) electrons. The quantitative estimate of drug-likeness (QED) is 0.0716. The van der Waals surface area contributed by atoms with Crippen molar-refractivity contribution in [1.82, 2.24) is 24.5 Å². The summed E-state index contributed by atoms with van der Waals surface area (Å²) >= 11 is 0. The Morgan fingerprint density at radius 2 is 1.70 bits per heavy atom. The van der Waals surface area contributed by atoms with Gasteiger partial charge in [-0.05, 0) is 124 Å². The second kappa shape index (κ2) is 18.9. The smallest absolute Gasteiger partial charge is 0.293 e. The average Bonchev–Trinajstić information content (AvgIpc) is 4.14. The number of nitro groups is 1. The molecular weight excluding hydrogens is 903 g/mol. The number of likely N-dealkylation sites (tertiary alicyclic amines) is 2. The molecule has 0 bridgehead atoms. The predicted octanol–water partition coefficient (Wildman–Crippen LogP) is 10.4. The minimum Gasteiger partial charge on any atom is -0.455 e. The molecule has 3 aromatic carbocycles. The van der Waals surface area contributed by atoms with Crippen LogP contribution in [0.4, 0.5) is 25.8 Å². The van der Waals surface area contributed by atoms with Crippen LogP contribution < -0.4 is 19.7 Å². The first kappa shape index (κ1) is 47.0. The molecule has 0 unspecified atom stereocenters.